The lowest BCUT2D eigenvalue weighted by atomic mass is 10.2. The van der Waals surface area contributed by atoms with E-state index < -0.39 is 17.9 Å². The fourth-order valence-electron chi connectivity index (χ4n) is 0.699. The van der Waals surface area contributed by atoms with Crippen molar-refractivity contribution in [2.45, 2.75) is 12.5 Å². The van der Waals surface area contributed by atoms with Gasteiger partial charge in [0.15, 0.2) is 0 Å². The first-order valence-electron chi connectivity index (χ1n) is 3.59. The molecule has 74 valence electrons. The molecule has 2 N–H and O–H groups in total. The monoisotopic (exact) mass is 205 g/mol. The summed E-state index contributed by atoms with van der Waals surface area (Å²) in [6, 6.07) is -0.967. The summed E-state index contributed by atoms with van der Waals surface area (Å²) in [6.45, 7) is 0. The molecule has 0 fully saturated rings. The average molecular weight is 205 g/mol. The van der Waals surface area contributed by atoms with Gasteiger partial charge in [-0.3, -0.25) is 9.59 Å². The molecule has 0 heterocycles. The van der Waals surface area contributed by atoms with Crippen LogP contribution in [0.1, 0.15) is 6.42 Å². The zero-order chi connectivity index (χ0) is 10.3. The number of hydrogen-bond acceptors (Lipinski definition) is 4. The zero-order valence-corrected chi connectivity index (χ0v) is 7.97. The third kappa shape index (κ3) is 5.24. The molecule has 5 nitrogen and oxygen atoms in total. The SMILES string of the molecule is CSCCC(NC(=O)C=O)C(=O)O. The maximum absolute atomic E-state index is 10.5. The number of aldehydes is 1. The third-order valence-electron chi connectivity index (χ3n) is 1.33. The van der Waals surface area contributed by atoms with Gasteiger partial charge < -0.3 is 10.4 Å². The standard InChI is InChI=1S/C7H11NO4S/c1-13-3-2-5(7(11)12)8-6(10)4-9/h4-5H,2-3H2,1H3,(H,8,10)(H,11,12). The summed E-state index contributed by atoms with van der Waals surface area (Å²) in [4.78, 5) is 31.0. The summed E-state index contributed by atoms with van der Waals surface area (Å²) in [5.74, 6) is -1.39. The number of hydrogen-bond donors (Lipinski definition) is 2. The number of carboxylic acids is 1. The maximum atomic E-state index is 10.5. The molecule has 13 heavy (non-hydrogen) atoms. The number of amides is 1. The van der Waals surface area contributed by atoms with Gasteiger partial charge in [0.1, 0.15) is 6.04 Å². The van der Waals surface area contributed by atoms with Crippen LogP contribution in [0.25, 0.3) is 0 Å². The first-order chi connectivity index (χ1) is 6.11. The van der Waals surface area contributed by atoms with Crippen molar-refractivity contribution >= 4 is 29.9 Å². The van der Waals surface area contributed by atoms with Crippen LogP contribution in [-0.2, 0) is 14.4 Å². The van der Waals surface area contributed by atoms with Gasteiger partial charge in [-0.1, -0.05) is 0 Å². The van der Waals surface area contributed by atoms with E-state index in [1.165, 1.54) is 11.8 Å². The van der Waals surface area contributed by atoms with Crippen molar-refractivity contribution in [2.75, 3.05) is 12.0 Å². The molecule has 0 bridgehead atoms. The number of aliphatic carboxylic acids is 1. The highest BCUT2D eigenvalue weighted by atomic mass is 32.2. The molecule has 0 radical (unpaired) electrons. The molecule has 0 aromatic carbocycles. The Kier molecular flexibility index (Phi) is 5.96. The number of carbonyl (C=O) groups is 3. The molecular weight excluding hydrogens is 194 g/mol. The highest BCUT2D eigenvalue weighted by Crippen LogP contribution is 2.00. The first-order valence-corrected chi connectivity index (χ1v) is 4.98. The van der Waals surface area contributed by atoms with E-state index in [1.807, 2.05) is 6.26 Å². The van der Waals surface area contributed by atoms with E-state index in [2.05, 4.69) is 5.32 Å². The second kappa shape index (κ2) is 6.47. The van der Waals surface area contributed by atoms with Crippen LogP contribution < -0.4 is 5.32 Å². The molecule has 0 rings (SSSR count). The minimum absolute atomic E-state index is 0.0645. The topological polar surface area (TPSA) is 83.5 Å². The molecule has 0 aromatic heterocycles. The normalized spacial score (nSPS) is 11.8. The van der Waals surface area contributed by atoms with Crippen molar-refractivity contribution in [1.82, 2.24) is 5.32 Å². The highest BCUT2D eigenvalue weighted by molar-refractivity contribution is 7.98. The van der Waals surface area contributed by atoms with Gasteiger partial charge in [-0.15, -0.1) is 0 Å². The van der Waals surface area contributed by atoms with E-state index in [0.29, 0.717) is 12.2 Å². The largest absolute Gasteiger partial charge is 0.480 e. The van der Waals surface area contributed by atoms with Crippen molar-refractivity contribution in [1.29, 1.82) is 0 Å². The number of thioether (sulfide) groups is 1. The van der Waals surface area contributed by atoms with Crippen LogP contribution in [0, 0.1) is 0 Å². The maximum Gasteiger partial charge on any atom is 0.326 e. The Labute approximate surface area is 79.9 Å². The predicted molar refractivity (Wildman–Crippen MR) is 48.6 cm³/mol. The first kappa shape index (κ1) is 12.0. The summed E-state index contributed by atoms with van der Waals surface area (Å²) in [6.07, 6.45) is 2.21. The minimum atomic E-state index is -1.12. The summed E-state index contributed by atoms with van der Waals surface area (Å²) < 4.78 is 0. The van der Waals surface area contributed by atoms with Crippen LogP contribution in [0.3, 0.4) is 0 Å². The van der Waals surface area contributed by atoms with Crippen LogP contribution in [0.15, 0.2) is 0 Å². The van der Waals surface area contributed by atoms with Gasteiger partial charge in [-0.2, -0.15) is 11.8 Å². The van der Waals surface area contributed by atoms with Gasteiger partial charge in [-0.05, 0) is 18.4 Å². The average Bonchev–Trinajstić information content (AvgIpc) is 2.11. The molecule has 6 heteroatoms. The van der Waals surface area contributed by atoms with Crippen LogP contribution in [0.4, 0.5) is 0 Å². The molecule has 0 spiro atoms. The van der Waals surface area contributed by atoms with E-state index in [4.69, 9.17) is 5.11 Å². The van der Waals surface area contributed by atoms with Crippen LogP contribution >= 0.6 is 11.8 Å². The number of nitrogens with one attached hydrogen (secondary N) is 1. The lowest BCUT2D eigenvalue weighted by Gasteiger charge is -2.10. The predicted octanol–water partition coefficient (Wildman–Crippen LogP) is -0.492. The Hall–Kier alpha value is -1.04. The summed E-state index contributed by atoms with van der Waals surface area (Å²) in [5.41, 5.74) is 0. The van der Waals surface area contributed by atoms with Crippen LogP contribution in [0.5, 0.6) is 0 Å². The second-order valence-corrected chi connectivity index (χ2v) is 3.28. The van der Waals surface area contributed by atoms with E-state index in [-0.39, 0.29) is 6.29 Å². The molecule has 1 atom stereocenters. The number of carboxylic acid groups (broad SMARTS) is 1. The van der Waals surface area contributed by atoms with Crippen molar-refractivity contribution in [3.63, 3.8) is 0 Å². The Morgan fingerprint density at radius 3 is 2.62 bits per heavy atom. The van der Waals surface area contributed by atoms with Gasteiger partial charge in [-0.25, -0.2) is 4.79 Å². The molecule has 0 aromatic rings. The van der Waals surface area contributed by atoms with Gasteiger partial charge >= 0.3 is 5.97 Å². The zero-order valence-electron chi connectivity index (χ0n) is 7.15. The molecule has 1 amide bonds. The Bertz CT molecular complexity index is 207. The van der Waals surface area contributed by atoms with E-state index >= 15 is 0 Å². The minimum Gasteiger partial charge on any atom is -0.480 e. The lowest BCUT2D eigenvalue weighted by molar-refractivity contribution is -0.142. The molecule has 0 aliphatic heterocycles. The molecule has 0 saturated carbocycles. The van der Waals surface area contributed by atoms with Crippen molar-refractivity contribution < 1.29 is 19.5 Å². The highest BCUT2D eigenvalue weighted by Gasteiger charge is 2.18. The fraction of sp³-hybridized carbons (Fsp3) is 0.571. The van der Waals surface area contributed by atoms with Crippen molar-refractivity contribution in [3.8, 4) is 0 Å². The van der Waals surface area contributed by atoms with E-state index in [9.17, 15) is 14.4 Å². The van der Waals surface area contributed by atoms with Crippen LogP contribution in [-0.4, -0.2) is 41.3 Å². The molecular formula is C7H11NO4S. The Morgan fingerprint density at radius 2 is 2.23 bits per heavy atom. The van der Waals surface area contributed by atoms with Crippen molar-refractivity contribution in [3.05, 3.63) is 0 Å². The van der Waals surface area contributed by atoms with Gasteiger partial charge in [0.2, 0.25) is 6.29 Å². The lowest BCUT2D eigenvalue weighted by Crippen LogP contribution is -2.41. The second-order valence-electron chi connectivity index (χ2n) is 2.30. The molecule has 0 aliphatic carbocycles. The summed E-state index contributed by atoms with van der Waals surface area (Å²) in [7, 11) is 0. The smallest absolute Gasteiger partial charge is 0.326 e. The quantitative estimate of drug-likeness (QED) is 0.451. The van der Waals surface area contributed by atoms with Gasteiger partial charge in [0.25, 0.3) is 5.91 Å². The molecule has 0 aliphatic rings. The number of rotatable bonds is 6. The van der Waals surface area contributed by atoms with E-state index in [1.54, 1.807) is 0 Å². The van der Waals surface area contributed by atoms with E-state index in [0.717, 1.165) is 0 Å². The summed E-state index contributed by atoms with van der Waals surface area (Å²) in [5, 5.41) is 10.7. The van der Waals surface area contributed by atoms with Crippen molar-refractivity contribution in [2.24, 2.45) is 0 Å². The van der Waals surface area contributed by atoms with Gasteiger partial charge in [0.05, 0.1) is 0 Å². The Morgan fingerprint density at radius 1 is 1.62 bits per heavy atom. The third-order valence-corrected chi connectivity index (χ3v) is 1.98. The fourth-order valence-corrected chi connectivity index (χ4v) is 1.17. The van der Waals surface area contributed by atoms with Gasteiger partial charge in [0, 0.05) is 0 Å². The summed E-state index contributed by atoms with van der Waals surface area (Å²) >= 11 is 1.48. The molecule has 1 unspecified atom stereocenters. The Balaban J connectivity index is 4.01. The molecule has 0 saturated heterocycles. The van der Waals surface area contributed by atoms with Crippen LogP contribution in [0.2, 0.25) is 0 Å². The number of carbonyl (C=O) groups excluding carboxylic acids is 2.